The fourth-order valence-corrected chi connectivity index (χ4v) is 3.96. The van der Waals surface area contributed by atoms with Gasteiger partial charge in [-0.3, -0.25) is 9.59 Å². The van der Waals surface area contributed by atoms with Crippen molar-refractivity contribution in [2.45, 2.75) is 38.6 Å². The second-order valence-corrected chi connectivity index (χ2v) is 7.47. The van der Waals surface area contributed by atoms with E-state index < -0.39 is 5.82 Å². The van der Waals surface area contributed by atoms with E-state index in [1.54, 1.807) is 24.0 Å². The van der Waals surface area contributed by atoms with Crippen LogP contribution < -0.4 is 0 Å². The minimum Gasteiger partial charge on any atom is -0.343 e. The Morgan fingerprint density at radius 2 is 1.93 bits per heavy atom. The molecule has 0 bridgehead atoms. The Labute approximate surface area is 163 Å². The SMILES string of the molecule is CC(=O)N1CCC(c2ncc3c(n2)CCN(C(=O)c2cccc(F)c2)C3)CC1. The maximum Gasteiger partial charge on any atom is 0.254 e. The van der Waals surface area contributed by atoms with E-state index in [0.29, 0.717) is 25.1 Å². The molecule has 0 unspecified atom stereocenters. The highest BCUT2D eigenvalue weighted by Crippen LogP contribution is 2.27. The first-order chi connectivity index (χ1) is 13.5. The van der Waals surface area contributed by atoms with Crippen molar-refractivity contribution < 1.29 is 14.0 Å². The Morgan fingerprint density at radius 3 is 2.64 bits per heavy atom. The summed E-state index contributed by atoms with van der Waals surface area (Å²) in [6, 6.07) is 5.78. The Balaban J connectivity index is 1.45. The molecule has 0 spiro atoms. The molecule has 3 heterocycles. The summed E-state index contributed by atoms with van der Waals surface area (Å²) in [4.78, 5) is 37.0. The van der Waals surface area contributed by atoms with E-state index in [4.69, 9.17) is 4.98 Å². The van der Waals surface area contributed by atoms with Gasteiger partial charge < -0.3 is 9.80 Å². The van der Waals surface area contributed by atoms with Gasteiger partial charge in [-0.1, -0.05) is 6.07 Å². The highest BCUT2D eigenvalue weighted by molar-refractivity contribution is 5.94. The number of rotatable bonds is 2. The van der Waals surface area contributed by atoms with E-state index in [0.717, 1.165) is 43.0 Å². The minimum atomic E-state index is -0.410. The number of amides is 2. The highest BCUT2D eigenvalue weighted by Gasteiger charge is 2.27. The number of hydrogen-bond acceptors (Lipinski definition) is 4. The van der Waals surface area contributed by atoms with Crippen LogP contribution in [0.1, 0.15) is 53.1 Å². The van der Waals surface area contributed by atoms with Gasteiger partial charge in [-0.25, -0.2) is 14.4 Å². The number of likely N-dealkylation sites (tertiary alicyclic amines) is 1. The molecule has 146 valence electrons. The van der Waals surface area contributed by atoms with Gasteiger partial charge >= 0.3 is 0 Å². The topological polar surface area (TPSA) is 66.4 Å². The molecule has 2 aliphatic heterocycles. The fraction of sp³-hybridized carbons (Fsp3) is 0.429. The van der Waals surface area contributed by atoms with Gasteiger partial charge in [0.2, 0.25) is 5.91 Å². The molecule has 1 saturated heterocycles. The largest absolute Gasteiger partial charge is 0.343 e. The van der Waals surface area contributed by atoms with Gasteiger partial charge in [0.25, 0.3) is 5.91 Å². The lowest BCUT2D eigenvalue weighted by Gasteiger charge is -2.32. The van der Waals surface area contributed by atoms with Crippen molar-refractivity contribution in [1.29, 1.82) is 0 Å². The van der Waals surface area contributed by atoms with E-state index in [1.807, 2.05) is 11.1 Å². The van der Waals surface area contributed by atoms with Crippen LogP contribution >= 0.6 is 0 Å². The van der Waals surface area contributed by atoms with Crippen LogP contribution in [0, 0.1) is 5.82 Å². The Morgan fingerprint density at radius 1 is 1.14 bits per heavy atom. The van der Waals surface area contributed by atoms with Crippen molar-refractivity contribution in [2.75, 3.05) is 19.6 Å². The summed E-state index contributed by atoms with van der Waals surface area (Å²) in [5.41, 5.74) is 2.29. The highest BCUT2D eigenvalue weighted by atomic mass is 19.1. The van der Waals surface area contributed by atoms with Gasteiger partial charge in [-0.15, -0.1) is 0 Å². The van der Waals surface area contributed by atoms with E-state index in [2.05, 4.69) is 4.98 Å². The second-order valence-electron chi connectivity index (χ2n) is 7.47. The van der Waals surface area contributed by atoms with Crippen LogP contribution in [0.4, 0.5) is 4.39 Å². The number of carbonyl (C=O) groups is 2. The zero-order valence-electron chi connectivity index (χ0n) is 15.9. The molecule has 0 atom stereocenters. The van der Waals surface area contributed by atoms with Crippen LogP contribution in [0.5, 0.6) is 0 Å². The van der Waals surface area contributed by atoms with Crippen LogP contribution in [0.2, 0.25) is 0 Å². The molecule has 2 aromatic rings. The molecule has 2 amide bonds. The number of fused-ring (bicyclic) bond motifs is 1. The number of carbonyl (C=O) groups excluding carboxylic acids is 2. The van der Waals surface area contributed by atoms with E-state index in [-0.39, 0.29) is 17.7 Å². The molecule has 1 aromatic carbocycles. The zero-order valence-corrected chi connectivity index (χ0v) is 15.9. The minimum absolute atomic E-state index is 0.118. The van der Waals surface area contributed by atoms with Crippen molar-refractivity contribution in [1.82, 2.24) is 19.8 Å². The Hall–Kier alpha value is -2.83. The average molecular weight is 382 g/mol. The third kappa shape index (κ3) is 3.74. The first kappa shape index (κ1) is 18.5. The predicted octanol–water partition coefficient (Wildman–Crippen LogP) is 2.54. The molecule has 0 aliphatic carbocycles. The van der Waals surface area contributed by atoms with Crippen LogP contribution in [-0.4, -0.2) is 51.2 Å². The van der Waals surface area contributed by atoms with Crippen LogP contribution in [-0.2, 0) is 17.8 Å². The van der Waals surface area contributed by atoms with Gasteiger partial charge in [0.1, 0.15) is 11.6 Å². The summed E-state index contributed by atoms with van der Waals surface area (Å²) in [6.45, 7) is 4.09. The first-order valence-corrected chi connectivity index (χ1v) is 9.66. The lowest BCUT2D eigenvalue weighted by molar-refractivity contribution is -0.129. The lowest BCUT2D eigenvalue weighted by Crippen LogP contribution is -2.38. The lowest BCUT2D eigenvalue weighted by atomic mass is 9.95. The van der Waals surface area contributed by atoms with E-state index >= 15 is 0 Å². The van der Waals surface area contributed by atoms with Crippen molar-refractivity contribution >= 4 is 11.8 Å². The fourth-order valence-electron chi connectivity index (χ4n) is 3.96. The number of nitrogens with zero attached hydrogens (tertiary/aromatic N) is 4. The monoisotopic (exact) mass is 382 g/mol. The molecule has 2 aliphatic rings. The van der Waals surface area contributed by atoms with Gasteiger partial charge in [-0.2, -0.15) is 0 Å². The van der Waals surface area contributed by atoms with Crippen LogP contribution in [0.25, 0.3) is 0 Å². The first-order valence-electron chi connectivity index (χ1n) is 9.66. The summed E-state index contributed by atoms with van der Waals surface area (Å²) in [7, 11) is 0. The zero-order chi connectivity index (χ0) is 19.7. The summed E-state index contributed by atoms with van der Waals surface area (Å²) in [6.07, 6.45) is 4.24. The smallest absolute Gasteiger partial charge is 0.254 e. The summed E-state index contributed by atoms with van der Waals surface area (Å²) in [5, 5.41) is 0. The average Bonchev–Trinajstić information content (AvgIpc) is 2.72. The van der Waals surface area contributed by atoms with Crippen molar-refractivity contribution in [3.05, 3.63) is 58.9 Å². The number of aromatic nitrogens is 2. The standard InChI is InChI=1S/C21H23FN4O2/c1-14(27)25-8-5-15(6-9-25)20-23-12-17-13-26(10-7-19(17)24-20)21(28)16-3-2-4-18(22)11-16/h2-4,11-12,15H,5-10,13H2,1H3. The molecule has 7 heteroatoms. The molecule has 6 nitrogen and oxygen atoms in total. The van der Waals surface area contributed by atoms with Crippen LogP contribution in [0.15, 0.2) is 30.5 Å². The van der Waals surface area contributed by atoms with Crippen LogP contribution in [0.3, 0.4) is 0 Å². The van der Waals surface area contributed by atoms with Crippen molar-refractivity contribution in [3.63, 3.8) is 0 Å². The molecule has 28 heavy (non-hydrogen) atoms. The van der Waals surface area contributed by atoms with Gasteiger partial charge in [0, 0.05) is 62.8 Å². The quantitative estimate of drug-likeness (QED) is 0.801. The molecule has 4 rings (SSSR count). The molecular weight excluding hydrogens is 359 g/mol. The van der Waals surface area contributed by atoms with Gasteiger partial charge in [0.15, 0.2) is 0 Å². The summed E-state index contributed by atoms with van der Waals surface area (Å²) in [5.74, 6) is 0.644. The number of piperidine rings is 1. The molecule has 1 aromatic heterocycles. The molecule has 1 fully saturated rings. The van der Waals surface area contributed by atoms with E-state index in [1.165, 1.54) is 12.1 Å². The Bertz CT molecular complexity index is 909. The third-order valence-corrected chi connectivity index (χ3v) is 5.62. The normalized spacial score (nSPS) is 17.4. The molecular formula is C21H23FN4O2. The molecule has 0 N–H and O–H groups in total. The second kappa shape index (κ2) is 7.66. The van der Waals surface area contributed by atoms with Crippen molar-refractivity contribution in [3.8, 4) is 0 Å². The molecule has 0 radical (unpaired) electrons. The number of halogens is 1. The third-order valence-electron chi connectivity index (χ3n) is 5.62. The number of benzene rings is 1. The summed E-state index contributed by atoms with van der Waals surface area (Å²) < 4.78 is 13.4. The van der Waals surface area contributed by atoms with E-state index in [9.17, 15) is 14.0 Å². The van der Waals surface area contributed by atoms with Crippen molar-refractivity contribution in [2.24, 2.45) is 0 Å². The van der Waals surface area contributed by atoms with Gasteiger partial charge in [-0.05, 0) is 31.0 Å². The maximum absolute atomic E-state index is 13.4. The Kier molecular flexibility index (Phi) is 5.07. The summed E-state index contributed by atoms with van der Waals surface area (Å²) >= 11 is 0. The maximum atomic E-state index is 13.4. The predicted molar refractivity (Wildman–Crippen MR) is 101 cm³/mol. The van der Waals surface area contributed by atoms with Gasteiger partial charge in [0.05, 0.1) is 5.69 Å². The molecule has 0 saturated carbocycles. The number of hydrogen-bond donors (Lipinski definition) is 0.